The second kappa shape index (κ2) is 22.9. The number of ether oxygens (including phenoxy) is 11. The molecule has 0 amide bonds. The van der Waals surface area contributed by atoms with Crippen LogP contribution in [0.2, 0.25) is 0 Å². The number of nitrogens with zero attached hydrogens (tertiary/aromatic N) is 2. The number of carbonyl (C=O) groups excluding carboxylic acids is 2. The molecule has 2 aliphatic heterocycles. The highest BCUT2D eigenvalue weighted by Crippen LogP contribution is 2.50. The van der Waals surface area contributed by atoms with Crippen molar-refractivity contribution in [3.05, 3.63) is 99.1 Å². The van der Waals surface area contributed by atoms with Gasteiger partial charge in [-0.15, -0.1) is 0 Å². The minimum Gasteiger partial charge on any atom is -0.496 e. The number of hydrogen-bond donors (Lipinski definition) is 0. The van der Waals surface area contributed by atoms with E-state index in [1.165, 1.54) is 16.7 Å². The fraction of sp³-hybridized carbons (Fsp3) is 0.481. The molecule has 4 aromatic carbocycles. The fourth-order valence-electron chi connectivity index (χ4n) is 10.4. The molecule has 4 aromatic rings. The molecular weight excluding hydrogens is 885 g/mol. The third-order valence-corrected chi connectivity index (χ3v) is 14.2. The van der Waals surface area contributed by atoms with Crippen LogP contribution in [0.5, 0.6) is 51.7 Å². The Kier molecular flexibility index (Phi) is 17.2. The number of rotatable bonds is 22. The Morgan fingerprint density at radius 1 is 0.551 bits per heavy atom. The highest BCUT2D eigenvalue weighted by Gasteiger charge is 2.44. The predicted molar refractivity (Wildman–Crippen MR) is 262 cm³/mol. The van der Waals surface area contributed by atoms with Crippen molar-refractivity contribution in [3.63, 3.8) is 0 Å². The fourth-order valence-corrected chi connectivity index (χ4v) is 10.4. The largest absolute Gasteiger partial charge is 0.496 e. The zero-order valence-electron chi connectivity index (χ0n) is 42.8. The van der Waals surface area contributed by atoms with E-state index in [2.05, 4.69) is 46.1 Å². The normalized spacial score (nSPS) is 19.4. The monoisotopic (exact) mass is 957 g/mol. The van der Waals surface area contributed by atoms with E-state index in [0.29, 0.717) is 80.8 Å². The molecule has 0 saturated carbocycles. The lowest BCUT2D eigenvalue weighted by Gasteiger charge is -2.46. The van der Waals surface area contributed by atoms with Crippen LogP contribution >= 0.6 is 0 Å². The van der Waals surface area contributed by atoms with E-state index in [9.17, 15) is 9.59 Å². The van der Waals surface area contributed by atoms with Crippen LogP contribution in [-0.4, -0.2) is 138 Å². The third-order valence-electron chi connectivity index (χ3n) is 14.2. The molecule has 0 N–H and O–H groups in total. The van der Waals surface area contributed by atoms with Crippen molar-refractivity contribution in [2.45, 2.75) is 58.0 Å². The number of methoxy groups -OCH3 is 9. The molecule has 69 heavy (non-hydrogen) atoms. The summed E-state index contributed by atoms with van der Waals surface area (Å²) >= 11 is 0. The molecule has 4 atom stereocenters. The van der Waals surface area contributed by atoms with Gasteiger partial charge in [-0.3, -0.25) is 0 Å². The Morgan fingerprint density at radius 3 is 1.52 bits per heavy atom. The molecule has 15 heteroatoms. The van der Waals surface area contributed by atoms with E-state index in [1.54, 1.807) is 64.0 Å². The van der Waals surface area contributed by atoms with Gasteiger partial charge >= 0.3 is 11.9 Å². The number of fused-ring (bicyclic) bond motifs is 2. The van der Waals surface area contributed by atoms with Gasteiger partial charge in [-0.25, -0.2) is 9.59 Å². The molecule has 374 valence electrons. The third kappa shape index (κ3) is 11.1. The summed E-state index contributed by atoms with van der Waals surface area (Å²) in [5, 5.41) is 0. The lowest BCUT2D eigenvalue weighted by Crippen LogP contribution is -2.52. The van der Waals surface area contributed by atoms with Crippen molar-refractivity contribution in [3.8, 4) is 51.7 Å². The van der Waals surface area contributed by atoms with E-state index < -0.39 is 11.9 Å². The Bertz CT molecular complexity index is 2450. The topological polar surface area (TPSA) is 136 Å². The van der Waals surface area contributed by atoms with Gasteiger partial charge in [-0.2, -0.15) is 0 Å². The van der Waals surface area contributed by atoms with Crippen LogP contribution in [0.4, 0.5) is 0 Å². The highest BCUT2D eigenvalue weighted by molar-refractivity contribution is 5.91. The van der Waals surface area contributed by atoms with Gasteiger partial charge in [0.25, 0.3) is 0 Å². The molecular formula is C54H72N2O13+2. The van der Waals surface area contributed by atoms with Gasteiger partial charge in [0.2, 0.25) is 11.5 Å². The molecule has 0 fully saturated rings. The molecule has 2 aliphatic rings. The van der Waals surface area contributed by atoms with E-state index >= 15 is 0 Å². The molecule has 0 spiro atoms. The second-order valence-electron chi connectivity index (χ2n) is 18.2. The van der Waals surface area contributed by atoms with Crippen molar-refractivity contribution in [1.29, 1.82) is 0 Å². The average molecular weight is 957 g/mol. The summed E-state index contributed by atoms with van der Waals surface area (Å²) in [5.74, 6) is 4.35. The highest BCUT2D eigenvalue weighted by atomic mass is 16.5. The van der Waals surface area contributed by atoms with E-state index in [-0.39, 0.29) is 25.3 Å². The molecule has 6 rings (SSSR count). The first-order chi connectivity index (χ1) is 33.2. The summed E-state index contributed by atoms with van der Waals surface area (Å²) < 4.78 is 64.4. The molecule has 0 aromatic heterocycles. The summed E-state index contributed by atoms with van der Waals surface area (Å²) in [6.45, 7) is 7.64. The number of hydrogen-bond acceptors (Lipinski definition) is 13. The van der Waals surface area contributed by atoms with Gasteiger partial charge in [0.15, 0.2) is 34.5 Å². The number of likely N-dealkylation sites (N-methyl/N-ethyl adjacent to an activating group) is 2. The first-order valence-electron chi connectivity index (χ1n) is 23.4. The van der Waals surface area contributed by atoms with Gasteiger partial charge < -0.3 is 61.1 Å². The summed E-state index contributed by atoms with van der Waals surface area (Å²) in [6, 6.07) is 14.3. The van der Waals surface area contributed by atoms with Crippen LogP contribution in [0.15, 0.2) is 54.6 Å². The van der Waals surface area contributed by atoms with Crippen LogP contribution < -0.4 is 42.6 Å². The Labute approximate surface area is 407 Å². The first kappa shape index (κ1) is 52.1. The zero-order chi connectivity index (χ0) is 50.0. The standard InChI is InChI=1S/C54H72N2O13/c1-34-26-38-19-23-56(4,51(50(38)52(65-11)35(34)2)39-31-46(63-9)54(67-13)47(32-39)64-10)21-15-25-69-49(58)17-16-48(57)68-24-14-20-55(3)22-18-37-30-42(59-5)43(60-6)33-40(37)41(55)27-36-28-44(61-7)53(66-12)45(29-36)62-8/h16-17,26,28-33,41,51H,14-15,18-25,27H2,1-13H3/q+2/b17-16-. The number of aryl methyl sites for hydroxylation is 1. The SMILES string of the molecule is COc1cc2c(cc1OC)C(Cc1cc(OC)c(OC)c(OC)c1)[N+](C)(CCCOC(=O)/C=C\C(=O)OCCC[N+]1(C)CCc3cc(C)c(C)c(OC)c3C1c1cc(OC)c(OC)c(OC)c1)CC2. The summed E-state index contributed by atoms with van der Waals surface area (Å²) in [5.41, 5.74) is 8.99. The number of quaternary nitrogens is 2. The second-order valence-corrected chi connectivity index (χ2v) is 18.2. The van der Waals surface area contributed by atoms with Gasteiger partial charge in [0.05, 0.1) is 123 Å². The van der Waals surface area contributed by atoms with Crippen molar-refractivity contribution in [2.75, 3.05) is 117 Å². The first-order valence-corrected chi connectivity index (χ1v) is 23.4. The van der Waals surface area contributed by atoms with Crippen molar-refractivity contribution >= 4 is 11.9 Å². The smallest absolute Gasteiger partial charge is 0.331 e. The molecule has 0 saturated heterocycles. The minimum absolute atomic E-state index is 0.00805. The molecule has 4 unspecified atom stereocenters. The Balaban J connectivity index is 1.09. The van der Waals surface area contributed by atoms with Crippen molar-refractivity contribution in [1.82, 2.24) is 0 Å². The lowest BCUT2D eigenvalue weighted by atomic mass is 9.82. The lowest BCUT2D eigenvalue weighted by molar-refractivity contribution is -0.941. The van der Waals surface area contributed by atoms with Crippen molar-refractivity contribution < 1.29 is 70.7 Å². The quantitative estimate of drug-likeness (QED) is 0.0328. The number of benzene rings is 4. The maximum absolute atomic E-state index is 12.9. The predicted octanol–water partition coefficient (Wildman–Crippen LogP) is 7.88. The molecule has 15 nitrogen and oxygen atoms in total. The van der Waals surface area contributed by atoms with Crippen molar-refractivity contribution in [2.24, 2.45) is 0 Å². The summed E-state index contributed by atoms with van der Waals surface area (Å²) in [7, 11) is 19.1. The molecule has 0 radical (unpaired) electrons. The van der Waals surface area contributed by atoms with Crippen LogP contribution in [0, 0.1) is 13.8 Å². The van der Waals surface area contributed by atoms with Gasteiger partial charge in [0.1, 0.15) is 17.8 Å². The van der Waals surface area contributed by atoms with Gasteiger partial charge in [0, 0.05) is 55.4 Å². The Morgan fingerprint density at radius 2 is 1.01 bits per heavy atom. The molecule has 0 aliphatic carbocycles. The van der Waals surface area contributed by atoms with Gasteiger partial charge in [-0.05, 0) is 78.1 Å². The summed E-state index contributed by atoms with van der Waals surface area (Å²) in [4.78, 5) is 25.8. The molecule has 2 heterocycles. The van der Waals surface area contributed by atoms with Gasteiger partial charge in [-0.1, -0.05) is 6.07 Å². The maximum atomic E-state index is 12.9. The zero-order valence-corrected chi connectivity index (χ0v) is 42.8. The number of esters is 2. The maximum Gasteiger partial charge on any atom is 0.331 e. The molecule has 0 bridgehead atoms. The number of carbonyl (C=O) groups is 2. The minimum atomic E-state index is -0.612. The van der Waals surface area contributed by atoms with Crippen LogP contribution in [0.3, 0.4) is 0 Å². The van der Waals surface area contributed by atoms with E-state index in [1.807, 2.05) is 24.3 Å². The van der Waals surface area contributed by atoms with Crippen LogP contribution in [0.1, 0.15) is 69.4 Å². The average Bonchev–Trinajstić information content (AvgIpc) is 3.36. The Hall–Kier alpha value is -6.32. The van der Waals surface area contributed by atoms with Crippen LogP contribution in [0.25, 0.3) is 0 Å². The van der Waals surface area contributed by atoms with E-state index in [4.69, 9.17) is 52.1 Å². The van der Waals surface area contributed by atoms with Crippen LogP contribution in [-0.2, 0) is 38.3 Å². The van der Waals surface area contributed by atoms with E-state index in [0.717, 1.165) is 78.2 Å². The summed E-state index contributed by atoms with van der Waals surface area (Å²) in [6.07, 6.45) is 5.78.